The number of anilines is 1. The molecule has 0 aromatic heterocycles. The van der Waals surface area contributed by atoms with Crippen LogP contribution in [0.4, 0.5) is 5.69 Å². The van der Waals surface area contributed by atoms with Crippen molar-refractivity contribution in [1.82, 2.24) is 0 Å². The van der Waals surface area contributed by atoms with Gasteiger partial charge in [-0.1, -0.05) is 29.8 Å². The number of fused-ring (bicyclic) bond motifs is 1. The van der Waals surface area contributed by atoms with Gasteiger partial charge in [-0.3, -0.25) is 9.59 Å². The fraction of sp³-hybridized carbons (Fsp3) is 0.222. The molecule has 0 atom stereocenters. The SMILES string of the molecule is CC(=O)c1ccc2c(c1)N(C(=O)Cc1ccccc1Cl)CCO2. The van der Waals surface area contributed by atoms with Crippen LogP contribution in [0.25, 0.3) is 0 Å². The molecule has 2 aromatic rings. The fourth-order valence-electron chi connectivity index (χ4n) is 2.60. The molecule has 118 valence electrons. The highest BCUT2D eigenvalue weighted by atomic mass is 35.5. The van der Waals surface area contributed by atoms with Crippen LogP contribution in [0.15, 0.2) is 42.5 Å². The highest BCUT2D eigenvalue weighted by Crippen LogP contribution is 2.33. The quantitative estimate of drug-likeness (QED) is 0.809. The van der Waals surface area contributed by atoms with Gasteiger partial charge >= 0.3 is 0 Å². The van der Waals surface area contributed by atoms with Crippen molar-refractivity contribution < 1.29 is 14.3 Å². The number of hydrogen-bond donors (Lipinski definition) is 0. The molecule has 1 aliphatic rings. The molecule has 2 aromatic carbocycles. The Labute approximate surface area is 139 Å². The van der Waals surface area contributed by atoms with Crippen molar-refractivity contribution >= 4 is 29.0 Å². The first kappa shape index (κ1) is 15.6. The number of ketones is 1. The van der Waals surface area contributed by atoms with Gasteiger partial charge in [-0.05, 0) is 36.8 Å². The van der Waals surface area contributed by atoms with Gasteiger partial charge in [0.1, 0.15) is 12.4 Å². The normalized spacial score (nSPS) is 13.2. The third-order valence-corrected chi connectivity index (χ3v) is 4.20. The lowest BCUT2D eigenvalue weighted by Crippen LogP contribution is -2.39. The molecule has 0 spiro atoms. The van der Waals surface area contributed by atoms with Gasteiger partial charge in [0, 0.05) is 10.6 Å². The first-order valence-corrected chi connectivity index (χ1v) is 7.75. The number of ether oxygens (including phenoxy) is 1. The Morgan fingerprint density at radius 1 is 1.22 bits per heavy atom. The van der Waals surface area contributed by atoms with Crippen LogP contribution in [0.5, 0.6) is 5.75 Å². The number of Topliss-reactive ketones (excluding diaryl/α,β-unsaturated/α-hetero) is 1. The zero-order valence-corrected chi connectivity index (χ0v) is 13.5. The van der Waals surface area contributed by atoms with Crippen LogP contribution in [-0.2, 0) is 11.2 Å². The molecule has 23 heavy (non-hydrogen) atoms. The third kappa shape index (κ3) is 3.22. The number of hydrogen-bond acceptors (Lipinski definition) is 3. The van der Waals surface area contributed by atoms with E-state index in [1.165, 1.54) is 6.92 Å². The Bertz CT molecular complexity index is 773. The van der Waals surface area contributed by atoms with E-state index in [1.54, 1.807) is 29.2 Å². The van der Waals surface area contributed by atoms with Crippen molar-refractivity contribution in [2.24, 2.45) is 0 Å². The Kier molecular flexibility index (Phi) is 4.35. The summed E-state index contributed by atoms with van der Waals surface area (Å²) in [5.41, 5.74) is 1.99. The van der Waals surface area contributed by atoms with E-state index >= 15 is 0 Å². The molecule has 1 heterocycles. The summed E-state index contributed by atoms with van der Waals surface area (Å²) in [6, 6.07) is 12.5. The first-order chi connectivity index (χ1) is 11.1. The zero-order chi connectivity index (χ0) is 16.4. The highest BCUT2D eigenvalue weighted by Gasteiger charge is 2.25. The molecule has 0 radical (unpaired) electrons. The lowest BCUT2D eigenvalue weighted by atomic mass is 10.1. The maximum absolute atomic E-state index is 12.7. The molecule has 0 fully saturated rings. The Balaban J connectivity index is 1.90. The lowest BCUT2D eigenvalue weighted by molar-refractivity contribution is -0.118. The molecule has 3 rings (SSSR count). The monoisotopic (exact) mass is 329 g/mol. The first-order valence-electron chi connectivity index (χ1n) is 7.38. The number of carbonyl (C=O) groups excluding carboxylic acids is 2. The Hall–Kier alpha value is -2.33. The van der Waals surface area contributed by atoms with Gasteiger partial charge in [-0.15, -0.1) is 0 Å². The van der Waals surface area contributed by atoms with E-state index < -0.39 is 0 Å². The number of carbonyl (C=O) groups is 2. The number of amides is 1. The molecule has 4 nitrogen and oxygen atoms in total. The molecule has 0 aliphatic carbocycles. The van der Waals surface area contributed by atoms with Crippen molar-refractivity contribution in [3.8, 4) is 5.75 Å². The van der Waals surface area contributed by atoms with Crippen LogP contribution in [0.2, 0.25) is 5.02 Å². The van der Waals surface area contributed by atoms with Crippen molar-refractivity contribution in [3.05, 3.63) is 58.6 Å². The Morgan fingerprint density at radius 2 is 2.00 bits per heavy atom. The summed E-state index contributed by atoms with van der Waals surface area (Å²) in [6.07, 6.45) is 0.212. The van der Waals surface area contributed by atoms with Gasteiger partial charge in [-0.25, -0.2) is 0 Å². The van der Waals surface area contributed by atoms with E-state index in [9.17, 15) is 9.59 Å². The molecule has 1 amide bonds. The molecule has 1 aliphatic heterocycles. The number of rotatable bonds is 3. The van der Waals surface area contributed by atoms with Crippen molar-refractivity contribution in [2.45, 2.75) is 13.3 Å². The average molecular weight is 330 g/mol. The van der Waals surface area contributed by atoms with E-state index in [-0.39, 0.29) is 18.1 Å². The summed E-state index contributed by atoms with van der Waals surface area (Å²) in [5.74, 6) is 0.508. The summed E-state index contributed by atoms with van der Waals surface area (Å²) >= 11 is 6.13. The number of benzene rings is 2. The largest absolute Gasteiger partial charge is 0.490 e. The van der Waals surface area contributed by atoms with Crippen LogP contribution in [-0.4, -0.2) is 24.8 Å². The van der Waals surface area contributed by atoms with E-state index in [4.69, 9.17) is 16.3 Å². The highest BCUT2D eigenvalue weighted by molar-refractivity contribution is 6.31. The standard InChI is InChI=1S/C18H16ClNO3/c1-12(21)13-6-7-17-16(10-13)20(8-9-23-17)18(22)11-14-4-2-3-5-15(14)19/h2-7,10H,8-9,11H2,1H3. The van der Waals surface area contributed by atoms with Gasteiger partial charge < -0.3 is 9.64 Å². The molecular formula is C18H16ClNO3. The van der Waals surface area contributed by atoms with Gasteiger partial charge in [0.25, 0.3) is 0 Å². The summed E-state index contributed by atoms with van der Waals surface area (Å²) in [6.45, 7) is 2.39. The molecule has 0 saturated carbocycles. The average Bonchev–Trinajstić information content (AvgIpc) is 2.55. The minimum Gasteiger partial charge on any atom is -0.490 e. The number of halogens is 1. The molecule has 0 saturated heterocycles. The maximum atomic E-state index is 12.7. The second kappa shape index (κ2) is 6.42. The number of nitrogens with zero attached hydrogens (tertiary/aromatic N) is 1. The maximum Gasteiger partial charge on any atom is 0.231 e. The van der Waals surface area contributed by atoms with Crippen LogP contribution in [0.3, 0.4) is 0 Å². The minimum atomic E-state index is -0.0663. The van der Waals surface area contributed by atoms with Crippen molar-refractivity contribution in [3.63, 3.8) is 0 Å². The van der Waals surface area contributed by atoms with E-state index in [0.29, 0.717) is 35.2 Å². The molecule has 0 bridgehead atoms. The topological polar surface area (TPSA) is 46.6 Å². The van der Waals surface area contributed by atoms with Gasteiger partial charge in [0.05, 0.1) is 18.7 Å². The van der Waals surface area contributed by atoms with E-state index in [1.807, 2.05) is 18.2 Å². The zero-order valence-electron chi connectivity index (χ0n) is 12.7. The second-order valence-electron chi connectivity index (χ2n) is 5.40. The molecular weight excluding hydrogens is 314 g/mol. The predicted octanol–water partition coefficient (Wildman–Crippen LogP) is 3.51. The lowest BCUT2D eigenvalue weighted by Gasteiger charge is -2.30. The third-order valence-electron chi connectivity index (χ3n) is 3.83. The van der Waals surface area contributed by atoms with Crippen molar-refractivity contribution in [2.75, 3.05) is 18.1 Å². The fourth-order valence-corrected chi connectivity index (χ4v) is 2.80. The van der Waals surface area contributed by atoms with E-state index in [2.05, 4.69) is 0 Å². The smallest absolute Gasteiger partial charge is 0.231 e. The van der Waals surface area contributed by atoms with Crippen LogP contribution in [0, 0.1) is 0 Å². The second-order valence-corrected chi connectivity index (χ2v) is 5.81. The van der Waals surface area contributed by atoms with Gasteiger partial charge in [0.2, 0.25) is 5.91 Å². The minimum absolute atomic E-state index is 0.0446. The predicted molar refractivity (Wildman–Crippen MR) is 89.5 cm³/mol. The summed E-state index contributed by atoms with van der Waals surface area (Å²) < 4.78 is 5.58. The van der Waals surface area contributed by atoms with Crippen LogP contribution >= 0.6 is 11.6 Å². The van der Waals surface area contributed by atoms with Crippen LogP contribution in [0.1, 0.15) is 22.8 Å². The van der Waals surface area contributed by atoms with E-state index in [0.717, 1.165) is 5.56 Å². The molecule has 0 N–H and O–H groups in total. The molecule has 0 unspecified atom stereocenters. The summed E-state index contributed by atoms with van der Waals surface area (Å²) in [5, 5.41) is 0.576. The van der Waals surface area contributed by atoms with Gasteiger partial charge in [-0.2, -0.15) is 0 Å². The summed E-state index contributed by atoms with van der Waals surface area (Å²) in [7, 11) is 0. The Morgan fingerprint density at radius 3 is 2.74 bits per heavy atom. The van der Waals surface area contributed by atoms with Crippen molar-refractivity contribution in [1.29, 1.82) is 0 Å². The van der Waals surface area contributed by atoms with Gasteiger partial charge in [0.15, 0.2) is 5.78 Å². The summed E-state index contributed by atoms with van der Waals surface area (Å²) in [4.78, 5) is 25.9. The van der Waals surface area contributed by atoms with Crippen LogP contribution < -0.4 is 9.64 Å². The molecule has 5 heteroatoms.